The highest BCUT2D eigenvalue weighted by Gasteiger charge is 2.27. The Hall–Kier alpha value is -2.95. The van der Waals surface area contributed by atoms with Gasteiger partial charge in [-0.25, -0.2) is 4.79 Å². The second-order valence-corrected chi connectivity index (χ2v) is 7.68. The minimum absolute atomic E-state index is 0.0150. The van der Waals surface area contributed by atoms with E-state index in [9.17, 15) is 9.90 Å². The van der Waals surface area contributed by atoms with Crippen LogP contribution in [0.15, 0.2) is 40.8 Å². The highest BCUT2D eigenvalue weighted by atomic mass is 16.5. The van der Waals surface area contributed by atoms with Crippen molar-refractivity contribution in [1.29, 1.82) is 0 Å². The molecule has 0 aliphatic rings. The van der Waals surface area contributed by atoms with Crippen LogP contribution in [0.1, 0.15) is 66.9 Å². The van der Waals surface area contributed by atoms with Gasteiger partial charge in [0, 0.05) is 16.6 Å². The fourth-order valence-electron chi connectivity index (χ4n) is 4.16. The monoisotopic (exact) mass is 409 g/mol. The smallest absolute Gasteiger partial charge is 0.335 e. The number of carboxylic acids is 1. The number of furan rings is 1. The first-order valence-corrected chi connectivity index (χ1v) is 10.6. The van der Waals surface area contributed by atoms with Crippen molar-refractivity contribution in [2.24, 2.45) is 5.92 Å². The summed E-state index contributed by atoms with van der Waals surface area (Å²) < 4.78 is 11.7. The molecule has 0 amide bonds. The van der Waals surface area contributed by atoms with Crippen LogP contribution in [0.3, 0.4) is 0 Å². The Morgan fingerprint density at radius 3 is 2.47 bits per heavy atom. The van der Waals surface area contributed by atoms with Crippen LogP contribution in [0.4, 0.5) is 5.69 Å². The van der Waals surface area contributed by atoms with Gasteiger partial charge < -0.3 is 19.6 Å². The fraction of sp³-hybridized carbons (Fsp3) is 0.400. The number of hydrogen-bond acceptors (Lipinski definition) is 4. The summed E-state index contributed by atoms with van der Waals surface area (Å²) in [5.41, 5.74) is 4.03. The third kappa shape index (κ3) is 4.16. The minimum Gasteiger partial charge on any atom is -0.497 e. The highest BCUT2D eigenvalue weighted by Crippen LogP contribution is 2.38. The van der Waals surface area contributed by atoms with Crippen molar-refractivity contribution in [2.75, 3.05) is 12.4 Å². The molecular formula is C25H31NO4. The molecule has 1 atom stereocenters. The number of benzene rings is 2. The first-order valence-electron chi connectivity index (χ1n) is 10.6. The molecule has 0 spiro atoms. The zero-order chi connectivity index (χ0) is 21.8. The number of methoxy groups -OCH3 is 1. The Morgan fingerprint density at radius 1 is 1.13 bits per heavy atom. The van der Waals surface area contributed by atoms with Gasteiger partial charge in [-0.1, -0.05) is 33.6 Å². The van der Waals surface area contributed by atoms with E-state index in [1.54, 1.807) is 13.2 Å². The van der Waals surface area contributed by atoms with E-state index in [4.69, 9.17) is 9.15 Å². The molecule has 2 aromatic carbocycles. The first kappa shape index (κ1) is 21.8. The lowest BCUT2D eigenvalue weighted by atomic mass is 9.90. The van der Waals surface area contributed by atoms with Crippen molar-refractivity contribution < 1.29 is 19.1 Å². The summed E-state index contributed by atoms with van der Waals surface area (Å²) in [5, 5.41) is 14.1. The molecule has 30 heavy (non-hydrogen) atoms. The standard InChI is InChI=1S/C25H31NO4/c1-6-16(7-2)23(26-18-9-11-20(25(27)28)17(8-3)13-18)24-15(4)21-14-19(29-5)10-12-22(21)30-24/h9-14,16,23,26H,6-8H2,1-5H3,(H,27,28). The molecular weight excluding hydrogens is 378 g/mol. The molecule has 0 saturated carbocycles. The third-order valence-corrected chi connectivity index (χ3v) is 6.02. The number of anilines is 1. The lowest BCUT2D eigenvalue weighted by Gasteiger charge is -2.27. The van der Waals surface area contributed by atoms with Gasteiger partial charge in [0.15, 0.2) is 0 Å². The summed E-state index contributed by atoms with van der Waals surface area (Å²) in [6.07, 6.45) is 2.67. The molecule has 0 bridgehead atoms. The number of carboxylic acid groups (broad SMARTS) is 1. The molecule has 1 aromatic heterocycles. The molecule has 1 heterocycles. The maximum atomic E-state index is 11.5. The van der Waals surface area contributed by atoms with Crippen molar-refractivity contribution in [1.82, 2.24) is 0 Å². The molecule has 5 nitrogen and oxygen atoms in total. The SMILES string of the molecule is CCc1cc(NC(c2oc3ccc(OC)cc3c2C)C(CC)CC)ccc1C(=O)O. The van der Waals surface area contributed by atoms with E-state index in [1.165, 1.54) is 0 Å². The highest BCUT2D eigenvalue weighted by molar-refractivity contribution is 5.90. The Balaban J connectivity index is 2.05. The van der Waals surface area contributed by atoms with E-state index in [-0.39, 0.29) is 6.04 Å². The summed E-state index contributed by atoms with van der Waals surface area (Å²) in [6, 6.07) is 11.3. The zero-order valence-corrected chi connectivity index (χ0v) is 18.4. The molecule has 1 unspecified atom stereocenters. The predicted octanol–water partition coefficient (Wildman–Crippen LogP) is 6.60. The van der Waals surface area contributed by atoms with Crippen LogP contribution < -0.4 is 10.1 Å². The molecule has 3 aromatic rings. The Labute approximate surface area is 178 Å². The Bertz CT molecular complexity index is 1030. The van der Waals surface area contributed by atoms with Crippen LogP contribution in [0.25, 0.3) is 11.0 Å². The summed E-state index contributed by atoms with van der Waals surface area (Å²) in [7, 11) is 1.66. The van der Waals surface area contributed by atoms with Gasteiger partial charge >= 0.3 is 5.97 Å². The second kappa shape index (κ2) is 9.24. The van der Waals surface area contributed by atoms with Crippen LogP contribution in [0.5, 0.6) is 5.75 Å². The van der Waals surface area contributed by atoms with Gasteiger partial charge in [0.05, 0.1) is 18.7 Å². The second-order valence-electron chi connectivity index (χ2n) is 7.68. The molecule has 0 fully saturated rings. The number of rotatable bonds is 9. The number of nitrogens with one attached hydrogen (secondary N) is 1. The number of hydrogen-bond donors (Lipinski definition) is 2. The summed E-state index contributed by atoms with van der Waals surface area (Å²) in [6.45, 7) is 8.44. The Kier molecular flexibility index (Phi) is 6.70. The van der Waals surface area contributed by atoms with Gasteiger partial charge in [-0.3, -0.25) is 0 Å². The molecule has 0 aliphatic heterocycles. The lowest BCUT2D eigenvalue weighted by Crippen LogP contribution is -2.21. The fourth-order valence-corrected chi connectivity index (χ4v) is 4.16. The minimum atomic E-state index is -0.892. The van der Waals surface area contributed by atoms with E-state index < -0.39 is 5.97 Å². The van der Waals surface area contributed by atoms with E-state index >= 15 is 0 Å². The average molecular weight is 410 g/mol. The number of aromatic carboxylic acids is 1. The zero-order valence-electron chi connectivity index (χ0n) is 18.4. The van der Waals surface area contributed by atoms with E-state index in [0.717, 1.165) is 52.1 Å². The quantitative estimate of drug-likeness (QED) is 0.416. The van der Waals surface area contributed by atoms with Gasteiger partial charge in [0.2, 0.25) is 0 Å². The van der Waals surface area contributed by atoms with Crippen LogP contribution in [-0.2, 0) is 6.42 Å². The van der Waals surface area contributed by atoms with Gasteiger partial charge in [-0.05, 0) is 61.2 Å². The van der Waals surface area contributed by atoms with Crippen LogP contribution in [0.2, 0.25) is 0 Å². The topological polar surface area (TPSA) is 71.7 Å². The van der Waals surface area contributed by atoms with Crippen LogP contribution in [0, 0.1) is 12.8 Å². The van der Waals surface area contributed by atoms with Crippen molar-refractivity contribution in [3.63, 3.8) is 0 Å². The number of carbonyl (C=O) groups is 1. The normalized spacial score (nSPS) is 12.3. The van der Waals surface area contributed by atoms with Crippen molar-refractivity contribution in [2.45, 2.75) is 53.0 Å². The Morgan fingerprint density at radius 2 is 1.87 bits per heavy atom. The average Bonchev–Trinajstić information content (AvgIpc) is 3.09. The molecule has 0 radical (unpaired) electrons. The lowest BCUT2D eigenvalue weighted by molar-refractivity contribution is 0.0695. The summed E-state index contributed by atoms with van der Waals surface area (Å²) in [5.74, 6) is 1.21. The van der Waals surface area contributed by atoms with E-state index in [0.29, 0.717) is 17.9 Å². The van der Waals surface area contributed by atoms with Gasteiger partial charge in [-0.15, -0.1) is 0 Å². The van der Waals surface area contributed by atoms with Gasteiger partial charge in [0.1, 0.15) is 17.1 Å². The molecule has 0 saturated heterocycles. The van der Waals surface area contributed by atoms with Crippen molar-refractivity contribution in [3.8, 4) is 5.75 Å². The third-order valence-electron chi connectivity index (χ3n) is 6.02. The van der Waals surface area contributed by atoms with Gasteiger partial charge in [-0.2, -0.15) is 0 Å². The maximum absolute atomic E-state index is 11.5. The molecule has 5 heteroatoms. The summed E-state index contributed by atoms with van der Waals surface area (Å²) in [4.78, 5) is 11.5. The van der Waals surface area contributed by atoms with Crippen LogP contribution in [-0.4, -0.2) is 18.2 Å². The predicted molar refractivity (Wildman–Crippen MR) is 121 cm³/mol. The molecule has 2 N–H and O–H groups in total. The summed E-state index contributed by atoms with van der Waals surface area (Å²) >= 11 is 0. The van der Waals surface area contributed by atoms with Crippen molar-refractivity contribution >= 4 is 22.6 Å². The van der Waals surface area contributed by atoms with Crippen LogP contribution >= 0.6 is 0 Å². The van der Waals surface area contributed by atoms with E-state index in [2.05, 4.69) is 26.1 Å². The van der Waals surface area contributed by atoms with Crippen molar-refractivity contribution in [3.05, 3.63) is 58.8 Å². The number of fused-ring (bicyclic) bond motifs is 1. The van der Waals surface area contributed by atoms with Gasteiger partial charge in [0.25, 0.3) is 0 Å². The molecule has 3 rings (SSSR count). The van der Waals surface area contributed by atoms with E-state index in [1.807, 2.05) is 37.3 Å². The molecule has 160 valence electrons. The number of ether oxygens (including phenoxy) is 1. The first-order chi connectivity index (χ1) is 14.4. The largest absolute Gasteiger partial charge is 0.497 e. The maximum Gasteiger partial charge on any atom is 0.335 e. The number of aryl methyl sites for hydroxylation is 2. The molecule has 0 aliphatic carbocycles.